The third-order valence-electron chi connectivity index (χ3n) is 4.09. The molecular weight excluding hydrogens is 222 g/mol. The fourth-order valence-electron chi connectivity index (χ4n) is 3.18. The van der Waals surface area contributed by atoms with Gasteiger partial charge in [0.1, 0.15) is 0 Å². The van der Waals surface area contributed by atoms with Crippen LogP contribution in [0.2, 0.25) is 0 Å². The molecule has 0 bridgehead atoms. The first kappa shape index (κ1) is 13.5. The van der Waals surface area contributed by atoms with E-state index in [0.29, 0.717) is 12.1 Å². The molecule has 2 rings (SSSR count). The molecule has 0 radical (unpaired) electrons. The van der Waals surface area contributed by atoms with Crippen molar-refractivity contribution in [2.75, 3.05) is 6.54 Å². The summed E-state index contributed by atoms with van der Waals surface area (Å²) in [4.78, 5) is 6.82. The second-order valence-corrected chi connectivity index (χ2v) is 5.69. The summed E-state index contributed by atoms with van der Waals surface area (Å²) in [7, 11) is 0. The fourth-order valence-corrected chi connectivity index (χ4v) is 3.18. The number of nitrogens with two attached hydrogens (primary N) is 1. The monoisotopic (exact) mass is 247 g/mol. The summed E-state index contributed by atoms with van der Waals surface area (Å²) in [6, 6.07) is 5.27. The molecule has 1 aliphatic heterocycles. The van der Waals surface area contributed by atoms with Gasteiger partial charge in [0, 0.05) is 31.0 Å². The van der Waals surface area contributed by atoms with Gasteiger partial charge < -0.3 is 5.73 Å². The van der Waals surface area contributed by atoms with Crippen molar-refractivity contribution in [3.8, 4) is 0 Å². The molecule has 0 aliphatic carbocycles. The lowest BCUT2D eigenvalue weighted by atomic mass is 9.97. The van der Waals surface area contributed by atoms with E-state index in [1.165, 1.54) is 12.0 Å². The molecule has 3 heteroatoms. The third kappa shape index (κ3) is 2.73. The van der Waals surface area contributed by atoms with Crippen LogP contribution in [0.4, 0.5) is 0 Å². The van der Waals surface area contributed by atoms with Gasteiger partial charge in [-0.15, -0.1) is 0 Å². The van der Waals surface area contributed by atoms with Crippen molar-refractivity contribution in [2.24, 2.45) is 11.7 Å². The van der Waals surface area contributed by atoms with Crippen molar-refractivity contribution in [3.05, 3.63) is 30.1 Å². The Labute approximate surface area is 110 Å². The lowest BCUT2D eigenvalue weighted by molar-refractivity contribution is 0.160. The molecule has 1 fully saturated rings. The molecule has 3 nitrogen and oxygen atoms in total. The van der Waals surface area contributed by atoms with E-state index in [1.54, 1.807) is 0 Å². The lowest BCUT2D eigenvalue weighted by Gasteiger charge is -2.35. The van der Waals surface area contributed by atoms with Crippen LogP contribution in [0.5, 0.6) is 0 Å². The molecule has 0 amide bonds. The summed E-state index contributed by atoms with van der Waals surface area (Å²) in [5, 5.41) is 0. The highest BCUT2D eigenvalue weighted by Crippen LogP contribution is 2.33. The Morgan fingerprint density at radius 1 is 1.50 bits per heavy atom. The van der Waals surface area contributed by atoms with Crippen LogP contribution >= 0.6 is 0 Å². The molecule has 0 aromatic carbocycles. The van der Waals surface area contributed by atoms with Crippen molar-refractivity contribution < 1.29 is 0 Å². The SMILES string of the molecule is CCC(N)C(c1cccnc1)N1CC(C)CC1C. The zero-order valence-corrected chi connectivity index (χ0v) is 11.7. The van der Waals surface area contributed by atoms with Gasteiger partial charge in [-0.05, 0) is 37.3 Å². The van der Waals surface area contributed by atoms with Crippen molar-refractivity contribution in [1.29, 1.82) is 0 Å². The van der Waals surface area contributed by atoms with Gasteiger partial charge in [0.2, 0.25) is 0 Å². The molecule has 1 aromatic rings. The fraction of sp³-hybridized carbons (Fsp3) is 0.667. The van der Waals surface area contributed by atoms with E-state index >= 15 is 0 Å². The van der Waals surface area contributed by atoms with Crippen molar-refractivity contribution in [3.63, 3.8) is 0 Å². The minimum absolute atomic E-state index is 0.182. The molecule has 100 valence electrons. The van der Waals surface area contributed by atoms with Crippen molar-refractivity contribution in [2.45, 2.75) is 51.7 Å². The zero-order valence-electron chi connectivity index (χ0n) is 11.7. The number of hydrogen-bond acceptors (Lipinski definition) is 3. The van der Waals surface area contributed by atoms with Gasteiger partial charge in [0.25, 0.3) is 0 Å². The highest BCUT2D eigenvalue weighted by atomic mass is 15.2. The normalized spacial score (nSPS) is 28.2. The van der Waals surface area contributed by atoms with Crippen LogP contribution in [0.3, 0.4) is 0 Å². The Morgan fingerprint density at radius 3 is 2.78 bits per heavy atom. The van der Waals surface area contributed by atoms with E-state index in [2.05, 4.69) is 36.7 Å². The summed E-state index contributed by atoms with van der Waals surface area (Å²) >= 11 is 0. The Hall–Kier alpha value is -0.930. The van der Waals surface area contributed by atoms with Crippen LogP contribution in [0.1, 0.15) is 45.2 Å². The Morgan fingerprint density at radius 2 is 2.28 bits per heavy atom. The Balaban J connectivity index is 2.26. The minimum atomic E-state index is 0.182. The summed E-state index contributed by atoms with van der Waals surface area (Å²) in [5.41, 5.74) is 7.62. The van der Waals surface area contributed by atoms with E-state index in [4.69, 9.17) is 5.73 Å². The van der Waals surface area contributed by atoms with E-state index in [9.17, 15) is 0 Å². The Bertz CT molecular complexity index is 365. The van der Waals surface area contributed by atoms with Crippen LogP contribution in [0.15, 0.2) is 24.5 Å². The molecule has 0 saturated carbocycles. The van der Waals surface area contributed by atoms with Crippen molar-refractivity contribution in [1.82, 2.24) is 9.88 Å². The molecule has 1 saturated heterocycles. The summed E-state index contributed by atoms with van der Waals surface area (Å²) < 4.78 is 0. The smallest absolute Gasteiger partial charge is 0.0517 e. The molecule has 4 unspecified atom stereocenters. The maximum Gasteiger partial charge on any atom is 0.0517 e. The number of aromatic nitrogens is 1. The largest absolute Gasteiger partial charge is 0.326 e. The molecule has 18 heavy (non-hydrogen) atoms. The third-order valence-corrected chi connectivity index (χ3v) is 4.09. The first-order valence-electron chi connectivity index (χ1n) is 7.04. The maximum absolute atomic E-state index is 6.37. The van der Waals surface area contributed by atoms with Crippen LogP contribution in [-0.2, 0) is 0 Å². The van der Waals surface area contributed by atoms with Gasteiger partial charge in [-0.2, -0.15) is 0 Å². The van der Waals surface area contributed by atoms with E-state index in [0.717, 1.165) is 18.9 Å². The average Bonchev–Trinajstić information content (AvgIpc) is 2.70. The molecule has 1 aromatic heterocycles. The van der Waals surface area contributed by atoms with Crippen molar-refractivity contribution >= 4 is 0 Å². The van der Waals surface area contributed by atoms with Crippen LogP contribution in [0.25, 0.3) is 0 Å². The first-order valence-corrected chi connectivity index (χ1v) is 7.04. The lowest BCUT2D eigenvalue weighted by Crippen LogP contribution is -2.42. The van der Waals surface area contributed by atoms with Gasteiger partial charge in [0.05, 0.1) is 6.04 Å². The predicted molar refractivity (Wildman–Crippen MR) is 75.2 cm³/mol. The topological polar surface area (TPSA) is 42.1 Å². The van der Waals surface area contributed by atoms with Gasteiger partial charge in [-0.25, -0.2) is 0 Å². The van der Waals surface area contributed by atoms with Gasteiger partial charge in [-0.3, -0.25) is 9.88 Å². The summed E-state index contributed by atoms with van der Waals surface area (Å²) in [5.74, 6) is 0.767. The summed E-state index contributed by atoms with van der Waals surface area (Å²) in [6.07, 6.45) is 6.06. The minimum Gasteiger partial charge on any atom is -0.326 e. The molecule has 2 heterocycles. The van der Waals surface area contributed by atoms with Gasteiger partial charge >= 0.3 is 0 Å². The average molecular weight is 247 g/mol. The summed E-state index contributed by atoms with van der Waals surface area (Å²) in [6.45, 7) is 7.95. The standard InChI is InChI=1S/C15H25N3/c1-4-14(16)15(13-6-5-7-17-9-13)18-10-11(2)8-12(18)3/h5-7,9,11-12,14-15H,4,8,10,16H2,1-3H3. The molecule has 0 spiro atoms. The van der Waals surface area contributed by atoms with E-state index in [1.807, 2.05) is 18.5 Å². The second-order valence-electron chi connectivity index (χ2n) is 5.69. The van der Waals surface area contributed by atoms with Crippen LogP contribution in [0, 0.1) is 5.92 Å². The predicted octanol–water partition coefficient (Wildman–Crippen LogP) is 2.59. The van der Waals surface area contributed by atoms with Gasteiger partial charge in [-0.1, -0.05) is 19.9 Å². The highest BCUT2D eigenvalue weighted by molar-refractivity contribution is 5.17. The molecule has 4 atom stereocenters. The number of nitrogens with zero attached hydrogens (tertiary/aromatic N) is 2. The second kappa shape index (κ2) is 5.81. The maximum atomic E-state index is 6.37. The van der Waals surface area contributed by atoms with E-state index in [-0.39, 0.29) is 6.04 Å². The van der Waals surface area contributed by atoms with Crippen LogP contribution in [-0.4, -0.2) is 28.5 Å². The highest BCUT2D eigenvalue weighted by Gasteiger charge is 2.35. The molecule has 1 aliphatic rings. The Kier molecular flexibility index (Phi) is 4.36. The zero-order chi connectivity index (χ0) is 13.1. The van der Waals surface area contributed by atoms with Gasteiger partial charge in [0.15, 0.2) is 0 Å². The molecule has 2 N–H and O–H groups in total. The number of pyridine rings is 1. The number of likely N-dealkylation sites (tertiary alicyclic amines) is 1. The quantitative estimate of drug-likeness (QED) is 0.889. The molecular formula is C15H25N3. The first-order chi connectivity index (χ1) is 8.63. The van der Waals surface area contributed by atoms with E-state index < -0.39 is 0 Å². The number of rotatable bonds is 4. The van der Waals surface area contributed by atoms with Crippen LogP contribution < -0.4 is 5.73 Å². The number of hydrogen-bond donors (Lipinski definition) is 1.